The van der Waals surface area contributed by atoms with Crippen molar-refractivity contribution in [2.24, 2.45) is 0 Å². The molecule has 172 valence electrons. The summed E-state index contributed by atoms with van der Waals surface area (Å²) in [6, 6.07) is 12.8. The van der Waals surface area contributed by atoms with Crippen molar-refractivity contribution in [1.82, 2.24) is 9.71 Å². The maximum absolute atomic E-state index is 13.4. The van der Waals surface area contributed by atoms with Crippen LogP contribution < -0.4 is 9.46 Å². The number of aryl methyl sites for hydroxylation is 1. The van der Waals surface area contributed by atoms with Crippen molar-refractivity contribution in [3.63, 3.8) is 0 Å². The normalized spacial score (nSPS) is 15.6. The van der Waals surface area contributed by atoms with E-state index in [1.807, 2.05) is 6.07 Å². The summed E-state index contributed by atoms with van der Waals surface area (Å²) in [7, 11) is -3.82. The van der Waals surface area contributed by atoms with Crippen LogP contribution in [0.2, 0.25) is 0 Å². The maximum Gasteiger partial charge on any atom is 0.341 e. The van der Waals surface area contributed by atoms with Gasteiger partial charge in [0.15, 0.2) is 6.61 Å². The highest BCUT2D eigenvalue weighted by Crippen LogP contribution is 2.36. The van der Waals surface area contributed by atoms with Crippen molar-refractivity contribution in [2.75, 3.05) is 6.61 Å². The second-order valence-electron chi connectivity index (χ2n) is 7.93. The minimum absolute atomic E-state index is 0.114. The van der Waals surface area contributed by atoms with Crippen LogP contribution in [0.3, 0.4) is 0 Å². The van der Waals surface area contributed by atoms with Crippen LogP contribution in [-0.2, 0) is 21.2 Å². The monoisotopic (exact) mass is 470 g/mol. The first kappa shape index (κ1) is 22.9. The lowest BCUT2D eigenvalue weighted by molar-refractivity contribution is -0.139. The summed E-state index contributed by atoms with van der Waals surface area (Å²) in [6.45, 7) is 1.16. The highest BCUT2D eigenvalue weighted by Gasteiger charge is 2.27. The van der Waals surface area contributed by atoms with Crippen LogP contribution in [0.15, 0.2) is 59.6 Å². The SMILES string of the molecule is Cc1cc(-c2ccc(S(=O)(=O)NC3CCCc4c(OCC(=O)O)cccc43)cc2)cnc1F. The predicted octanol–water partition coefficient (Wildman–Crippen LogP) is 4.02. The van der Waals surface area contributed by atoms with E-state index in [9.17, 15) is 17.6 Å². The zero-order valence-electron chi connectivity index (χ0n) is 17.9. The number of aromatic nitrogens is 1. The molecule has 2 N–H and O–H groups in total. The second-order valence-corrected chi connectivity index (χ2v) is 9.64. The van der Waals surface area contributed by atoms with Crippen molar-refractivity contribution in [3.8, 4) is 16.9 Å². The predicted molar refractivity (Wildman–Crippen MR) is 120 cm³/mol. The van der Waals surface area contributed by atoms with E-state index in [1.54, 1.807) is 37.3 Å². The number of sulfonamides is 1. The third kappa shape index (κ3) is 5.04. The summed E-state index contributed by atoms with van der Waals surface area (Å²) in [4.78, 5) is 14.7. The lowest BCUT2D eigenvalue weighted by Gasteiger charge is -2.27. The van der Waals surface area contributed by atoms with Gasteiger partial charge >= 0.3 is 5.97 Å². The third-order valence-corrected chi connectivity index (χ3v) is 7.11. The number of nitrogens with zero attached hydrogens (tertiary/aromatic N) is 1. The summed E-state index contributed by atoms with van der Waals surface area (Å²) < 4.78 is 47.8. The first-order valence-electron chi connectivity index (χ1n) is 10.5. The van der Waals surface area contributed by atoms with Crippen molar-refractivity contribution in [1.29, 1.82) is 0 Å². The number of aliphatic carboxylic acids is 1. The van der Waals surface area contributed by atoms with Crippen molar-refractivity contribution >= 4 is 16.0 Å². The van der Waals surface area contributed by atoms with Gasteiger partial charge in [-0.1, -0.05) is 24.3 Å². The average molecular weight is 471 g/mol. The van der Waals surface area contributed by atoms with Crippen LogP contribution in [0, 0.1) is 12.9 Å². The van der Waals surface area contributed by atoms with Gasteiger partial charge in [0.25, 0.3) is 0 Å². The second kappa shape index (κ2) is 9.29. The molecule has 33 heavy (non-hydrogen) atoms. The summed E-state index contributed by atoms with van der Waals surface area (Å²) in [5.41, 5.74) is 3.45. The molecule has 1 heterocycles. The summed E-state index contributed by atoms with van der Waals surface area (Å²) in [6.07, 6.45) is 3.45. The Morgan fingerprint density at radius 3 is 2.67 bits per heavy atom. The Hall–Kier alpha value is -3.30. The topological polar surface area (TPSA) is 106 Å². The van der Waals surface area contributed by atoms with Crippen LogP contribution in [0.5, 0.6) is 5.75 Å². The number of hydrogen-bond acceptors (Lipinski definition) is 5. The van der Waals surface area contributed by atoms with Crippen molar-refractivity contribution in [3.05, 3.63) is 77.4 Å². The lowest BCUT2D eigenvalue weighted by atomic mass is 9.87. The van der Waals surface area contributed by atoms with Gasteiger partial charge in [-0.25, -0.2) is 22.9 Å². The molecule has 9 heteroatoms. The molecule has 4 rings (SSSR count). The number of carboxylic acid groups (broad SMARTS) is 1. The number of nitrogens with one attached hydrogen (secondary N) is 1. The molecular formula is C24H23FN2O5S. The fraction of sp³-hybridized carbons (Fsp3) is 0.250. The molecule has 1 atom stereocenters. The Labute approximate surface area is 191 Å². The molecule has 0 saturated carbocycles. The van der Waals surface area contributed by atoms with Crippen LogP contribution in [0.25, 0.3) is 11.1 Å². The number of fused-ring (bicyclic) bond motifs is 1. The number of carboxylic acids is 1. The molecule has 0 spiro atoms. The molecule has 3 aromatic rings. The van der Waals surface area contributed by atoms with Gasteiger partial charge in [-0.15, -0.1) is 0 Å². The van der Waals surface area contributed by atoms with Crippen molar-refractivity contribution in [2.45, 2.75) is 37.1 Å². The van der Waals surface area contributed by atoms with Gasteiger partial charge in [0.2, 0.25) is 16.0 Å². The van der Waals surface area contributed by atoms with Gasteiger partial charge in [-0.3, -0.25) is 0 Å². The smallest absolute Gasteiger partial charge is 0.341 e. The van der Waals surface area contributed by atoms with Gasteiger partial charge in [0.1, 0.15) is 5.75 Å². The number of pyridine rings is 1. The molecule has 1 unspecified atom stereocenters. The van der Waals surface area contributed by atoms with E-state index >= 15 is 0 Å². The maximum atomic E-state index is 13.4. The lowest BCUT2D eigenvalue weighted by Crippen LogP contribution is -2.31. The molecule has 0 amide bonds. The molecule has 1 aliphatic carbocycles. The number of ether oxygens (including phenoxy) is 1. The molecule has 0 aliphatic heterocycles. The van der Waals surface area contributed by atoms with Gasteiger partial charge < -0.3 is 9.84 Å². The van der Waals surface area contributed by atoms with Crippen LogP contribution >= 0.6 is 0 Å². The zero-order valence-corrected chi connectivity index (χ0v) is 18.7. The standard InChI is InChI=1S/C24H23FN2O5S/c1-15-12-17(13-26-24(15)25)16-8-10-18(11-9-16)33(30,31)27-21-6-2-5-20-19(21)4-3-7-22(20)32-14-23(28)29/h3-4,7-13,21,27H,2,5-6,14H2,1H3,(H,28,29). The Bertz CT molecular complexity index is 1290. The number of hydrogen-bond donors (Lipinski definition) is 2. The third-order valence-electron chi connectivity index (χ3n) is 5.63. The number of rotatable bonds is 7. The molecule has 0 saturated heterocycles. The summed E-state index contributed by atoms with van der Waals surface area (Å²) in [5.74, 6) is -1.14. The first-order chi connectivity index (χ1) is 15.7. The van der Waals surface area contributed by atoms with E-state index in [-0.39, 0.29) is 4.90 Å². The molecule has 0 radical (unpaired) electrons. The van der Waals surface area contributed by atoms with E-state index < -0.39 is 34.6 Å². The fourth-order valence-corrected chi connectivity index (χ4v) is 5.26. The van der Waals surface area contributed by atoms with Crippen molar-refractivity contribution < 1.29 is 27.4 Å². The molecule has 1 aromatic heterocycles. The quantitative estimate of drug-likeness (QED) is 0.506. The van der Waals surface area contributed by atoms with Gasteiger partial charge in [-0.05, 0) is 67.1 Å². The Morgan fingerprint density at radius 2 is 1.97 bits per heavy atom. The zero-order chi connectivity index (χ0) is 23.6. The highest BCUT2D eigenvalue weighted by atomic mass is 32.2. The van der Waals surface area contributed by atoms with Gasteiger partial charge in [0.05, 0.1) is 4.90 Å². The molecular weight excluding hydrogens is 447 g/mol. The molecule has 7 nitrogen and oxygen atoms in total. The van der Waals surface area contributed by atoms with E-state index in [4.69, 9.17) is 9.84 Å². The number of benzene rings is 2. The Morgan fingerprint density at radius 1 is 1.21 bits per heavy atom. The fourth-order valence-electron chi connectivity index (χ4n) is 4.01. The van der Waals surface area contributed by atoms with E-state index in [0.29, 0.717) is 29.7 Å². The molecule has 2 aromatic carbocycles. The van der Waals surface area contributed by atoms with Gasteiger partial charge in [-0.2, -0.15) is 4.39 Å². The molecule has 0 fully saturated rings. The molecule has 1 aliphatic rings. The summed E-state index contributed by atoms with van der Waals surface area (Å²) >= 11 is 0. The number of halogens is 1. The van der Waals surface area contributed by atoms with Crippen LogP contribution in [0.4, 0.5) is 4.39 Å². The minimum atomic E-state index is -3.82. The Balaban J connectivity index is 1.55. The number of carbonyl (C=O) groups is 1. The van der Waals surface area contributed by atoms with Crippen LogP contribution in [-0.4, -0.2) is 31.1 Å². The van der Waals surface area contributed by atoms with Crippen LogP contribution in [0.1, 0.15) is 35.6 Å². The highest BCUT2D eigenvalue weighted by molar-refractivity contribution is 7.89. The van der Waals surface area contributed by atoms with E-state index in [0.717, 1.165) is 23.1 Å². The van der Waals surface area contributed by atoms with E-state index in [1.165, 1.54) is 18.3 Å². The van der Waals surface area contributed by atoms with E-state index in [2.05, 4.69) is 9.71 Å². The summed E-state index contributed by atoms with van der Waals surface area (Å²) in [5, 5.41) is 8.89. The average Bonchev–Trinajstić information content (AvgIpc) is 2.79. The largest absolute Gasteiger partial charge is 0.482 e. The van der Waals surface area contributed by atoms with Gasteiger partial charge in [0, 0.05) is 23.4 Å². The first-order valence-corrected chi connectivity index (χ1v) is 11.9. The molecule has 0 bridgehead atoms. The Kier molecular flexibility index (Phi) is 6.44. The minimum Gasteiger partial charge on any atom is -0.482 e.